The molecule has 2 heterocycles. The topological polar surface area (TPSA) is 86.9 Å². The van der Waals surface area contributed by atoms with Crippen molar-refractivity contribution in [3.05, 3.63) is 102 Å². The second-order valence-electron chi connectivity index (χ2n) is 11.2. The first-order chi connectivity index (χ1) is 18.9. The van der Waals surface area contributed by atoms with Gasteiger partial charge in [-0.15, -0.1) is 0 Å². The van der Waals surface area contributed by atoms with E-state index >= 15 is 0 Å². The van der Waals surface area contributed by atoms with E-state index in [1.165, 1.54) is 6.42 Å². The zero-order chi connectivity index (χ0) is 27.2. The van der Waals surface area contributed by atoms with Crippen LogP contribution in [-0.2, 0) is 22.4 Å². The van der Waals surface area contributed by atoms with Crippen molar-refractivity contribution < 1.29 is 9.59 Å². The predicted molar refractivity (Wildman–Crippen MR) is 155 cm³/mol. The third kappa shape index (κ3) is 6.39. The summed E-state index contributed by atoms with van der Waals surface area (Å²) < 4.78 is 0. The van der Waals surface area contributed by atoms with Crippen molar-refractivity contribution in [1.82, 2.24) is 20.6 Å². The molecule has 2 unspecified atom stereocenters. The Balaban J connectivity index is 1.43. The molecular formula is C33H38N4O2. The van der Waals surface area contributed by atoms with Crippen LogP contribution in [0.25, 0.3) is 10.9 Å². The van der Waals surface area contributed by atoms with Crippen molar-refractivity contribution in [2.75, 3.05) is 0 Å². The van der Waals surface area contributed by atoms with Crippen molar-refractivity contribution in [2.45, 2.75) is 70.4 Å². The van der Waals surface area contributed by atoms with Crippen molar-refractivity contribution >= 4 is 22.7 Å². The van der Waals surface area contributed by atoms with Gasteiger partial charge in [-0.3, -0.25) is 14.6 Å². The number of fused-ring (bicyclic) bond motifs is 1. The van der Waals surface area contributed by atoms with E-state index in [9.17, 15) is 9.59 Å². The molecule has 1 aliphatic carbocycles. The van der Waals surface area contributed by atoms with Gasteiger partial charge in [0.15, 0.2) is 0 Å². The van der Waals surface area contributed by atoms with Crippen LogP contribution in [0.2, 0.25) is 0 Å². The Morgan fingerprint density at radius 2 is 1.74 bits per heavy atom. The molecule has 0 saturated heterocycles. The molecule has 3 N–H and O–H groups in total. The summed E-state index contributed by atoms with van der Waals surface area (Å²) in [5.41, 5.74) is 3.78. The number of carbonyl (C=O) groups excluding carboxylic acids is 2. The summed E-state index contributed by atoms with van der Waals surface area (Å²) in [6, 6.07) is 21.6. The first-order valence-corrected chi connectivity index (χ1v) is 14.0. The largest absolute Gasteiger partial charge is 0.361 e. The number of aromatic amines is 1. The van der Waals surface area contributed by atoms with Crippen molar-refractivity contribution in [2.24, 2.45) is 5.92 Å². The lowest BCUT2D eigenvalue weighted by Crippen LogP contribution is -2.59. The maximum absolute atomic E-state index is 14.2. The molecule has 2 amide bonds. The second-order valence-corrected chi connectivity index (χ2v) is 11.2. The number of hydrogen-bond donors (Lipinski definition) is 3. The maximum Gasteiger partial charge on any atom is 0.246 e. The van der Waals surface area contributed by atoms with Gasteiger partial charge >= 0.3 is 0 Å². The zero-order valence-electron chi connectivity index (χ0n) is 22.9. The van der Waals surface area contributed by atoms with Gasteiger partial charge in [-0.25, -0.2) is 0 Å². The number of aromatic nitrogens is 2. The summed E-state index contributed by atoms with van der Waals surface area (Å²) in [5, 5.41) is 7.54. The van der Waals surface area contributed by atoms with Crippen LogP contribution in [0.3, 0.4) is 0 Å². The first-order valence-electron chi connectivity index (χ1n) is 14.0. The number of pyridine rings is 1. The van der Waals surface area contributed by atoms with Gasteiger partial charge in [0.05, 0.1) is 18.2 Å². The highest BCUT2D eigenvalue weighted by atomic mass is 16.2. The number of amides is 2. The molecule has 0 radical (unpaired) electrons. The van der Waals surface area contributed by atoms with Crippen molar-refractivity contribution in [1.29, 1.82) is 0 Å². The van der Waals surface area contributed by atoms with Gasteiger partial charge in [0.25, 0.3) is 0 Å². The molecule has 39 heavy (non-hydrogen) atoms. The summed E-state index contributed by atoms with van der Waals surface area (Å²) in [7, 11) is 0. The Morgan fingerprint density at radius 1 is 1.00 bits per heavy atom. The molecule has 0 aliphatic heterocycles. The predicted octanol–water partition coefficient (Wildman–Crippen LogP) is 5.97. The molecular weight excluding hydrogens is 484 g/mol. The second kappa shape index (κ2) is 11.9. The molecule has 1 fully saturated rings. The average molecular weight is 523 g/mol. The van der Waals surface area contributed by atoms with E-state index in [0.717, 1.165) is 59.0 Å². The normalized spacial score (nSPS) is 16.4. The van der Waals surface area contributed by atoms with E-state index in [2.05, 4.69) is 20.6 Å². The molecule has 2 aromatic carbocycles. The fraction of sp³-hybridized carbons (Fsp3) is 0.364. The van der Waals surface area contributed by atoms with Gasteiger partial charge in [0.2, 0.25) is 11.8 Å². The van der Waals surface area contributed by atoms with Gasteiger partial charge in [0.1, 0.15) is 5.54 Å². The molecule has 0 bridgehead atoms. The van der Waals surface area contributed by atoms with Crippen LogP contribution in [-0.4, -0.2) is 27.3 Å². The van der Waals surface area contributed by atoms with E-state index < -0.39 is 5.54 Å². The van der Waals surface area contributed by atoms with Crippen molar-refractivity contribution in [3.63, 3.8) is 0 Å². The number of nitrogens with one attached hydrogen (secondary N) is 3. The Morgan fingerprint density at radius 3 is 2.49 bits per heavy atom. The fourth-order valence-electron chi connectivity index (χ4n) is 5.84. The van der Waals surface area contributed by atoms with Gasteiger partial charge in [-0.2, -0.15) is 0 Å². The Hall–Kier alpha value is -3.93. The molecule has 2 aromatic heterocycles. The molecule has 6 nitrogen and oxygen atoms in total. The lowest BCUT2D eigenvalue weighted by Gasteiger charge is -2.35. The molecule has 4 aromatic rings. The lowest BCUT2D eigenvalue weighted by molar-refractivity contribution is -0.133. The molecule has 5 rings (SSSR count). The number of rotatable bonds is 9. The van der Waals surface area contributed by atoms with E-state index in [-0.39, 0.29) is 24.3 Å². The van der Waals surface area contributed by atoms with Gasteiger partial charge < -0.3 is 15.6 Å². The summed E-state index contributed by atoms with van der Waals surface area (Å²) >= 11 is 0. The Kier molecular flexibility index (Phi) is 8.10. The zero-order valence-corrected chi connectivity index (χ0v) is 22.9. The minimum absolute atomic E-state index is 0.177. The van der Waals surface area contributed by atoms with Crippen molar-refractivity contribution in [3.8, 4) is 0 Å². The molecule has 202 valence electrons. The number of aryl methyl sites for hydroxylation is 1. The standard InChI is InChI=1S/C33H38N4O2/c1-23-15-17-24(18-16-23)20-30(38)37-33(2,21-26-22-35-28-13-7-6-12-27(26)28)32(39)36-31(25-10-4-3-5-11-25)29-14-8-9-19-34-29/h6-9,12-19,22,25,31,35H,3-5,10-11,20-21H2,1-2H3,(H,36,39)(H,37,38). The quantitative estimate of drug-likeness (QED) is 0.253. The summed E-state index contributed by atoms with van der Waals surface area (Å²) in [4.78, 5) is 35.5. The minimum Gasteiger partial charge on any atom is -0.361 e. The average Bonchev–Trinajstić information content (AvgIpc) is 3.36. The van der Waals surface area contributed by atoms with Crippen LogP contribution in [0.4, 0.5) is 0 Å². The third-order valence-electron chi connectivity index (χ3n) is 8.03. The number of H-pyrrole nitrogens is 1. The van der Waals surface area contributed by atoms with E-state index in [1.54, 1.807) is 6.20 Å². The Labute approximate surface area is 230 Å². The van der Waals surface area contributed by atoms with E-state index in [1.807, 2.05) is 86.8 Å². The number of para-hydroxylation sites is 1. The smallest absolute Gasteiger partial charge is 0.246 e. The number of carbonyl (C=O) groups is 2. The lowest BCUT2D eigenvalue weighted by atomic mass is 9.81. The first kappa shape index (κ1) is 26.7. The molecule has 1 saturated carbocycles. The highest BCUT2D eigenvalue weighted by Crippen LogP contribution is 2.34. The summed E-state index contributed by atoms with van der Waals surface area (Å²) in [6.45, 7) is 3.87. The third-order valence-corrected chi connectivity index (χ3v) is 8.03. The summed E-state index contributed by atoms with van der Waals surface area (Å²) in [5.74, 6) is -0.0483. The SMILES string of the molecule is Cc1ccc(CC(=O)NC(C)(Cc2c[nH]c3ccccc23)C(=O)NC(c2ccccn2)C2CCCCC2)cc1. The Bertz CT molecular complexity index is 1410. The molecule has 0 spiro atoms. The number of hydrogen-bond acceptors (Lipinski definition) is 3. The number of benzene rings is 2. The van der Waals surface area contributed by atoms with Crippen LogP contribution in [0.5, 0.6) is 0 Å². The molecule has 6 heteroatoms. The maximum atomic E-state index is 14.2. The minimum atomic E-state index is -1.16. The monoisotopic (exact) mass is 522 g/mol. The van der Waals surface area contributed by atoms with Crippen LogP contribution in [0.1, 0.15) is 67.5 Å². The fourth-order valence-corrected chi connectivity index (χ4v) is 5.84. The highest BCUT2D eigenvalue weighted by molar-refractivity contribution is 5.93. The van der Waals surface area contributed by atoms with Gasteiger partial charge in [-0.1, -0.05) is 73.4 Å². The van der Waals surface area contributed by atoms with Gasteiger partial charge in [-0.05, 0) is 61.9 Å². The highest BCUT2D eigenvalue weighted by Gasteiger charge is 2.39. The summed E-state index contributed by atoms with van der Waals surface area (Å²) in [6.07, 6.45) is 9.96. The van der Waals surface area contributed by atoms with E-state index in [4.69, 9.17) is 0 Å². The van der Waals surface area contributed by atoms with Crippen LogP contribution < -0.4 is 10.6 Å². The van der Waals surface area contributed by atoms with Crippen LogP contribution in [0, 0.1) is 12.8 Å². The van der Waals surface area contributed by atoms with Crippen LogP contribution in [0.15, 0.2) is 79.1 Å². The van der Waals surface area contributed by atoms with E-state index in [0.29, 0.717) is 12.3 Å². The number of nitrogens with zero attached hydrogens (tertiary/aromatic N) is 1. The van der Waals surface area contributed by atoms with Crippen LogP contribution >= 0.6 is 0 Å². The molecule has 2 atom stereocenters. The van der Waals surface area contributed by atoms with Gasteiger partial charge in [0, 0.05) is 29.7 Å². The molecule has 1 aliphatic rings.